The molecule has 0 aliphatic rings. The second-order valence-corrected chi connectivity index (χ2v) is 5.27. The summed E-state index contributed by atoms with van der Waals surface area (Å²) in [5, 5.41) is 2.33. The highest BCUT2D eigenvalue weighted by atomic mass is 32.2. The van der Waals surface area contributed by atoms with Crippen LogP contribution in [-0.4, -0.2) is 19.4 Å². The molecule has 0 spiro atoms. The lowest BCUT2D eigenvalue weighted by Gasteiger charge is -2.07. The Morgan fingerprint density at radius 2 is 1.68 bits per heavy atom. The molecule has 7 heteroatoms. The third kappa shape index (κ3) is 3.52. The van der Waals surface area contributed by atoms with Gasteiger partial charge in [0, 0.05) is 6.20 Å². The number of carbonyl (C=O) groups is 1. The van der Waals surface area contributed by atoms with Crippen molar-refractivity contribution >= 4 is 21.9 Å². The molecule has 6 nitrogen and oxygen atoms in total. The van der Waals surface area contributed by atoms with Gasteiger partial charge in [0.15, 0.2) is 0 Å². The van der Waals surface area contributed by atoms with Gasteiger partial charge in [-0.2, -0.15) is 0 Å². The number of anilines is 1. The molecule has 0 atom stereocenters. The smallest absolute Gasteiger partial charge is 0.292 e. The number of hydrogen-bond acceptors (Lipinski definition) is 4. The summed E-state index contributed by atoms with van der Waals surface area (Å²) in [4.78, 5) is 15.4. The second kappa shape index (κ2) is 5.49. The van der Waals surface area contributed by atoms with Crippen molar-refractivity contribution in [2.45, 2.75) is 4.90 Å². The minimum absolute atomic E-state index is 0.0196. The van der Waals surface area contributed by atoms with Crippen molar-refractivity contribution in [3.8, 4) is 0 Å². The molecule has 2 N–H and O–H groups in total. The van der Waals surface area contributed by atoms with E-state index in [1.54, 1.807) is 36.4 Å². The molecule has 0 fully saturated rings. The van der Waals surface area contributed by atoms with Gasteiger partial charge in [0.25, 0.3) is 10.0 Å². The first-order valence-electron chi connectivity index (χ1n) is 5.38. The van der Waals surface area contributed by atoms with Crippen LogP contribution in [0.2, 0.25) is 0 Å². The quantitative estimate of drug-likeness (QED) is 0.891. The van der Waals surface area contributed by atoms with Gasteiger partial charge in [0.2, 0.25) is 0 Å². The highest BCUT2D eigenvalue weighted by molar-refractivity contribution is 7.90. The number of urea groups is 1. The van der Waals surface area contributed by atoms with Crippen molar-refractivity contribution in [3.63, 3.8) is 0 Å². The fourth-order valence-electron chi connectivity index (χ4n) is 1.36. The lowest BCUT2D eigenvalue weighted by atomic mass is 10.4. The third-order valence-corrected chi connectivity index (χ3v) is 3.53. The molecule has 1 aromatic heterocycles. The van der Waals surface area contributed by atoms with Crippen LogP contribution in [0, 0.1) is 0 Å². The molecule has 0 radical (unpaired) electrons. The van der Waals surface area contributed by atoms with Crippen LogP contribution in [0.1, 0.15) is 0 Å². The Morgan fingerprint density at radius 1 is 1.00 bits per heavy atom. The van der Waals surface area contributed by atoms with E-state index in [9.17, 15) is 13.2 Å². The van der Waals surface area contributed by atoms with Crippen LogP contribution in [-0.2, 0) is 10.0 Å². The van der Waals surface area contributed by atoms with E-state index in [0.29, 0.717) is 0 Å². The van der Waals surface area contributed by atoms with Crippen molar-refractivity contribution in [2.75, 3.05) is 5.32 Å². The molecular weight excluding hydrogens is 266 g/mol. The predicted octanol–water partition coefficient (Wildman–Crippen LogP) is 1.59. The number of aromatic nitrogens is 1. The summed E-state index contributed by atoms with van der Waals surface area (Å²) in [5.74, 6) is 0.267. The summed E-state index contributed by atoms with van der Waals surface area (Å²) in [6.45, 7) is 0. The van der Waals surface area contributed by atoms with E-state index in [4.69, 9.17) is 0 Å². The summed E-state index contributed by atoms with van der Waals surface area (Å²) in [6, 6.07) is 11.7. The zero-order valence-corrected chi connectivity index (χ0v) is 10.6. The Kier molecular flexibility index (Phi) is 3.76. The lowest BCUT2D eigenvalue weighted by molar-refractivity contribution is 0.256. The Hall–Kier alpha value is -2.41. The number of nitrogens with one attached hydrogen (secondary N) is 2. The summed E-state index contributed by atoms with van der Waals surface area (Å²) < 4.78 is 25.6. The molecule has 1 heterocycles. The van der Waals surface area contributed by atoms with E-state index in [2.05, 4.69) is 10.3 Å². The average Bonchev–Trinajstić information content (AvgIpc) is 2.40. The van der Waals surface area contributed by atoms with Crippen LogP contribution >= 0.6 is 0 Å². The second-order valence-electron chi connectivity index (χ2n) is 3.59. The van der Waals surface area contributed by atoms with Crippen LogP contribution in [0.4, 0.5) is 10.6 Å². The minimum Gasteiger partial charge on any atom is -0.292 e. The SMILES string of the molecule is O=C(Nc1ccccn1)NS(=O)(=O)c1ccccc1. The van der Waals surface area contributed by atoms with Gasteiger partial charge in [-0.1, -0.05) is 24.3 Å². The van der Waals surface area contributed by atoms with Crippen molar-refractivity contribution in [2.24, 2.45) is 0 Å². The number of hydrogen-bond donors (Lipinski definition) is 2. The van der Waals surface area contributed by atoms with Gasteiger partial charge in [-0.3, -0.25) is 5.32 Å². The molecule has 0 aliphatic heterocycles. The van der Waals surface area contributed by atoms with E-state index in [1.165, 1.54) is 18.3 Å². The summed E-state index contributed by atoms with van der Waals surface area (Å²) in [7, 11) is -3.87. The molecule has 0 unspecified atom stereocenters. The van der Waals surface area contributed by atoms with E-state index in [0.717, 1.165) is 0 Å². The molecule has 0 bridgehead atoms. The van der Waals surface area contributed by atoms with Gasteiger partial charge in [-0.05, 0) is 24.3 Å². The standard InChI is InChI=1S/C12H11N3O3S/c16-12(14-11-8-4-5-9-13-11)15-19(17,18)10-6-2-1-3-7-10/h1-9H,(H2,13,14,15,16). The summed E-state index contributed by atoms with van der Waals surface area (Å²) in [5.41, 5.74) is 0. The molecule has 0 saturated heterocycles. The number of sulfonamides is 1. The highest BCUT2D eigenvalue weighted by Crippen LogP contribution is 2.07. The van der Waals surface area contributed by atoms with Gasteiger partial charge in [-0.25, -0.2) is 22.9 Å². The number of nitrogens with zero attached hydrogens (tertiary/aromatic N) is 1. The molecule has 19 heavy (non-hydrogen) atoms. The summed E-state index contributed by atoms with van der Waals surface area (Å²) >= 11 is 0. The monoisotopic (exact) mass is 277 g/mol. The highest BCUT2D eigenvalue weighted by Gasteiger charge is 2.17. The minimum atomic E-state index is -3.87. The molecular formula is C12H11N3O3S. The number of rotatable bonds is 3. The first-order chi connectivity index (χ1) is 9.08. The van der Waals surface area contributed by atoms with Gasteiger partial charge in [0.05, 0.1) is 4.90 Å². The van der Waals surface area contributed by atoms with Crippen LogP contribution < -0.4 is 10.0 Å². The number of pyridine rings is 1. The Morgan fingerprint density at radius 3 is 2.32 bits per heavy atom. The van der Waals surface area contributed by atoms with Gasteiger partial charge in [0.1, 0.15) is 5.82 Å². The molecule has 0 aliphatic carbocycles. The van der Waals surface area contributed by atoms with Crippen molar-refractivity contribution in [1.29, 1.82) is 0 Å². The van der Waals surface area contributed by atoms with Gasteiger partial charge < -0.3 is 0 Å². The normalized spacial score (nSPS) is 10.7. The number of carbonyl (C=O) groups excluding carboxylic acids is 1. The molecule has 1 aromatic carbocycles. The van der Waals surface area contributed by atoms with Crippen molar-refractivity contribution in [1.82, 2.24) is 9.71 Å². The molecule has 0 saturated carbocycles. The zero-order chi connectivity index (χ0) is 13.7. The van der Waals surface area contributed by atoms with Crippen LogP contribution in [0.15, 0.2) is 59.6 Å². The van der Waals surface area contributed by atoms with Crippen LogP contribution in [0.25, 0.3) is 0 Å². The Balaban J connectivity index is 2.07. The largest absolute Gasteiger partial charge is 0.334 e. The Labute approximate surface area is 110 Å². The third-order valence-electron chi connectivity index (χ3n) is 2.19. The fraction of sp³-hybridized carbons (Fsp3) is 0. The van der Waals surface area contributed by atoms with E-state index < -0.39 is 16.1 Å². The predicted molar refractivity (Wildman–Crippen MR) is 70.0 cm³/mol. The maximum Gasteiger partial charge on any atom is 0.334 e. The van der Waals surface area contributed by atoms with Crippen molar-refractivity contribution < 1.29 is 13.2 Å². The van der Waals surface area contributed by atoms with Crippen LogP contribution in [0.3, 0.4) is 0 Å². The summed E-state index contributed by atoms with van der Waals surface area (Å²) in [6.07, 6.45) is 1.49. The number of amides is 2. The molecule has 2 aromatic rings. The van der Waals surface area contributed by atoms with Crippen LogP contribution in [0.5, 0.6) is 0 Å². The first kappa shape index (κ1) is 13.0. The lowest BCUT2D eigenvalue weighted by Crippen LogP contribution is -2.34. The van der Waals surface area contributed by atoms with E-state index in [1.807, 2.05) is 4.72 Å². The Bertz CT molecular complexity index is 657. The van der Waals surface area contributed by atoms with Crippen molar-refractivity contribution in [3.05, 3.63) is 54.7 Å². The molecule has 98 valence electrons. The fourth-order valence-corrected chi connectivity index (χ4v) is 2.29. The average molecular weight is 277 g/mol. The topological polar surface area (TPSA) is 88.2 Å². The van der Waals surface area contributed by atoms with Gasteiger partial charge in [-0.15, -0.1) is 0 Å². The maximum absolute atomic E-state index is 11.8. The van der Waals surface area contributed by atoms with E-state index in [-0.39, 0.29) is 10.7 Å². The molecule has 2 rings (SSSR count). The maximum atomic E-state index is 11.8. The van der Waals surface area contributed by atoms with Gasteiger partial charge >= 0.3 is 6.03 Å². The zero-order valence-electron chi connectivity index (χ0n) is 9.78. The van der Waals surface area contributed by atoms with E-state index >= 15 is 0 Å². The molecule has 2 amide bonds. The number of benzene rings is 1. The first-order valence-corrected chi connectivity index (χ1v) is 6.86.